The molecule has 1 heterocycles. The third-order valence-corrected chi connectivity index (χ3v) is 3.82. The lowest BCUT2D eigenvalue weighted by Crippen LogP contribution is -2.45. The Balaban J connectivity index is 1.83. The van der Waals surface area contributed by atoms with E-state index in [1.807, 2.05) is 0 Å². The lowest BCUT2D eigenvalue weighted by atomic mass is 9.85. The van der Waals surface area contributed by atoms with Gasteiger partial charge in [0.25, 0.3) is 0 Å². The molecule has 1 saturated carbocycles. The highest BCUT2D eigenvalue weighted by molar-refractivity contribution is 5.84. The minimum atomic E-state index is -1.12. The van der Waals surface area contributed by atoms with Crippen molar-refractivity contribution in [3.63, 3.8) is 0 Å². The summed E-state index contributed by atoms with van der Waals surface area (Å²) in [6, 6.07) is 0. The van der Waals surface area contributed by atoms with Crippen LogP contribution in [0.2, 0.25) is 0 Å². The average molecular weight is 281 g/mol. The van der Waals surface area contributed by atoms with Gasteiger partial charge in [0.05, 0.1) is 18.2 Å². The second-order valence-corrected chi connectivity index (χ2v) is 5.12. The standard InChI is InChI=1S/C12H19N5O3/c13-8-12(3-1-2-4-12)11(20)14-5-6-17-7-9(10(18)19)15-16-17/h7H,1-6,8,13H2,(H,14,20)(H,18,19). The van der Waals surface area contributed by atoms with Gasteiger partial charge in [0.2, 0.25) is 5.91 Å². The van der Waals surface area contributed by atoms with Crippen molar-refractivity contribution in [2.45, 2.75) is 32.2 Å². The molecule has 1 aromatic rings. The number of hydrogen-bond donors (Lipinski definition) is 3. The fourth-order valence-corrected chi connectivity index (χ4v) is 2.55. The molecule has 0 bridgehead atoms. The number of nitrogens with one attached hydrogen (secondary N) is 1. The lowest BCUT2D eigenvalue weighted by Gasteiger charge is -2.25. The van der Waals surface area contributed by atoms with Crippen molar-refractivity contribution in [3.8, 4) is 0 Å². The van der Waals surface area contributed by atoms with Gasteiger partial charge in [0.15, 0.2) is 5.69 Å². The minimum absolute atomic E-state index is 0.0175. The number of nitrogens with zero attached hydrogens (tertiary/aromatic N) is 3. The molecule has 110 valence electrons. The average Bonchev–Trinajstić information content (AvgIpc) is 3.08. The number of hydrogen-bond acceptors (Lipinski definition) is 5. The maximum atomic E-state index is 12.2. The van der Waals surface area contributed by atoms with Crippen molar-refractivity contribution in [2.75, 3.05) is 13.1 Å². The van der Waals surface area contributed by atoms with E-state index in [-0.39, 0.29) is 11.6 Å². The van der Waals surface area contributed by atoms with Gasteiger partial charge in [-0.2, -0.15) is 0 Å². The first-order valence-electron chi connectivity index (χ1n) is 6.69. The number of aromatic carboxylic acids is 1. The number of amides is 1. The van der Waals surface area contributed by atoms with Crippen LogP contribution < -0.4 is 11.1 Å². The molecule has 0 spiro atoms. The number of carbonyl (C=O) groups excluding carboxylic acids is 1. The van der Waals surface area contributed by atoms with Gasteiger partial charge >= 0.3 is 5.97 Å². The monoisotopic (exact) mass is 281 g/mol. The van der Waals surface area contributed by atoms with Gasteiger partial charge in [0, 0.05) is 13.1 Å². The molecule has 0 atom stereocenters. The van der Waals surface area contributed by atoms with E-state index >= 15 is 0 Å². The number of carboxylic acid groups (broad SMARTS) is 1. The second-order valence-electron chi connectivity index (χ2n) is 5.12. The minimum Gasteiger partial charge on any atom is -0.476 e. The summed E-state index contributed by atoms with van der Waals surface area (Å²) in [6.07, 6.45) is 5.08. The predicted octanol–water partition coefficient (Wildman–Crippen LogP) is -0.388. The van der Waals surface area contributed by atoms with E-state index in [4.69, 9.17) is 10.8 Å². The predicted molar refractivity (Wildman–Crippen MR) is 69.9 cm³/mol. The van der Waals surface area contributed by atoms with Gasteiger partial charge in [0.1, 0.15) is 0 Å². The molecule has 0 aromatic carbocycles. The van der Waals surface area contributed by atoms with E-state index in [0.717, 1.165) is 25.7 Å². The molecule has 1 aromatic heterocycles. The van der Waals surface area contributed by atoms with Crippen molar-refractivity contribution in [1.29, 1.82) is 0 Å². The normalized spacial score (nSPS) is 17.1. The van der Waals surface area contributed by atoms with Crippen molar-refractivity contribution >= 4 is 11.9 Å². The van der Waals surface area contributed by atoms with Gasteiger partial charge < -0.3 is 16.2 Å². The fraction of sp³-hybridized carbons (Fsp3) is 0.667. The molecule has 1 fully saturated rings. The number of nitrogens with two attached hydrogens (primary N) is 1. The molecule has 1 aliphatic carbocycles. The zero-order valence-electron chi connectivity index (χ0n) is 11.2. The van der Waals surface area contributed by atoms with Gasteiger partial charge in [-0.05, 0) is 12.8 Å². The summed E-state index contributed by atoms with van der Waals surface area (Å²) in [6.45, 7) is 1.13. The quantitative estimate of drug-likeness (QED) is 0.652. The third-order valence-electron chi connectivity index (χ3n) is 3.82. The summed E-state index contributed by atoms with van der Waals surface area (Å²) >= 11 is 0. The Hall–Kier alpha value is -1.96. The molecule has 20 heavy (non-hydrogen) atoms. The number of carboxylic acids is 1. The van der Waals surface area contributed by atoms with E-state index in [0.29, 0.717) is 19.6 Å². The molecular weight excluding hydrogens is 262 g/mol. The fourth-order valence-electron chi connectivity index (χ4n) is 2.55. The van der Waals surface area contributed by atoms with E-state index in [2.05, 4.69) is 15.6 Å². The Morgan fingerprint density at radius 3 is 2.70 bits per heavy atom. The number of aromatic nitrogens is 3. The summed E-state index contributed by atoms with van der Waals surface area (Å²) in [7, 11) is 0. The molecule has 0 aliphatic heterocycles. The van der Waals surface area contributed by atoms with Crippen LogP contribution >= 0.6 is 0 Å². The van der Waals surface area contributed by atoms with Crippen molar-refractivity contribution in [1.82, 2.24) is 20.3 Å². The molecule has 0 saturated heterocycles. The highest BCUT2D eigenvalue weighted by atomic mass is 16.4. The highest BCUT2D eigenvalue weighted by Crippen LogP contribution is 2.37. The maximum absolute atomic E-state index is 12.2. The van der Waals surface area contributed by atoms with Crippen LogP contribution in [0.5, 0.6) is 0 Å². The summed E-state index contributed by atoms with van der Waals surface area (Å²) in [5, 5.41) is 18.8. The van der Waals surface area contributed by atoms with Crippen LogP contribution in [-0.2, 0) is 11.3 Å². The van der Waals surface area contributed by atoms with Crippen LogP contribution in [0.3, 0.4) is 0 Å². The molecule has 2 rings (SSSR count). The maximum Gasteiger partial charge on any atom is 0.358 e. The first-order valence-corrected chi connectivity index (χ1v) is 6.69. The van der Waals surface area contributed by atoms with Gasteiger partial charge in [-0.25, -0.2) is 9.48 Å². The van der Waals surface area contributed by atoms with Gasteiger partial charge in [-0.3, -0.25) is 4.79 Å². The lowest BCUT2D eigenvalue weighted by molar-refractivity contribution is -0.130. The first-order chi connectivity index (χ1) is 9.57. The third kappa shape index (κ3) is 2.96. The highest BCUT2D eigenvalue weighted by Gasteiger charge is 2.39. The number of carbonyl (C=O) groups is 2. The number of rotatable bonds is 6. The van der Waals surface area contributed by atoms with Gasteiger partial charge in [-0.1, -0.05) is 18.1 Å². The van der Waals surface area contributed by atoms with Crippen molar-refractivity contribution in [3.05, 3.63) is 11.9 Å². The van der Waals surface area contributed by atoms with Crippen LogP contribution in [0.1, 0.15) is 36.2 Å². The largest absolute Gasteiger partial charge is 0.476 e. The van der Waals surface area contributed by atoms with Crippen molar-refractivity contribution in [2.24, 2.45) is 11.1 Å². The second kappa shape index (κ2) is 6.00. The van der Waals surface area contributed by atoms with E-state index in [9.17, 15) is 9.59 Å². The molecule has 1 amide bonds. The Morgan fingerprint density at radius 2 is 2.15 bits per heavy atom. The van der Waals surface area contributed by atoms with Crippen LogP contribution in [-0.4, -0.2) is 45.1 Å². The zero-order chi connectivity index (χ0) is 14.6. The Kier molecular flexibility index (Phi) is 4.33. The van der Waals surface area contributed by atoms with E-state index in [1.54, 1.807) is 0 Å². The smallest absolute Gasteiger partial charge is 0.358 e. The van der Waals surface area contributed by atoms with Crippen LogP contribution in [0.4, 0.5) is 0 Å². The molecule has 4 N–H and O–H groups in total. The molecule has 1 aliphatic rings. The molecule has 8 heteroatoms. The zero-order valence-corrected chi connectivity index (χ0v) is 11.2. The summed E-state index contributed by atoms with van der Waals surface area (Å²) in [5.74, 6) is -1.13. The molecule has 8 nitrogen and oxygen atoms in total. The Labute approximate surface area is 116 Å². The van der Waals surface area contributed by atoms with Crippen LogP contribution in [0.25, 0.3) is 0 Å². The Morgan fingerprint density at radius 1 is 1.45 bits per heavy atom. The van der Waals surface area contributed by atoms with Gasteiger partial charge in [-0.15, -0.1) is 5.10 Å². The molecule has 0 radical (unpaired) electrons. The van der Waals surface area contributed by atoms with Crippen LogP contribution in [0.15, 0.2) is 6.20 Å². The Bertz CT molecular complexity index is 493. The SMILES string of the molecule is NCC1(C(=O)NCCn2cc(C(=O)O)nn2)CCCC1. The molecule has 0 unspecified atom stereocenters. The summed E-state index contributed by atoms with van der Waals surface area (Å²) in [4.78, 5) is 22.8. The van der Waals surface area contributed by atoms with E-state index in [1.165, 1.54) is 10.9 Å². The van der Waals surface area contributed by atoms with E-state index < -0.39 is 11.4 Å². The van der Waals surface area contributed by atoms with Crippen LogP contribution in [0, 0.1) is 5.41 Å². The molecular formula is C12H19N5O3. The topological polar surface area (TPSA) is 123 Å². The van der Waals surface area contributed by atoms with Crippen molar-refractivity contribution < 1.29 is 14.7 Å². The summed E-state index contributed by atoms with van der Waals surface area (Å²) < 4.78 is 1.40. The summed E-state index contributed by atoms with van der Waals surface area (Å²) in [5.41, 5.74) is 5.21. The first kappa shape index (κ1) is 14.4.